The molecule has 1 aliphatic carbocycles. The second-order valence-electron chi connectivity index (χ2n) is 3.81. The van der Waals surface area contributed by atoms with Crippen molar-refractivity contribution in [3.8, 4) is 0 Å². The Morgan fingerprint density at radius 3 is 2.67 bits per heavy atom. The van der Waals surface area contributed by atoms with Crippen LogP contribution in [-0.4, -0.2) is 13.7 Å². The van der Waals surface area contributed by atoms with Crippen molar-refractivity contribution in [3.63, 3.8) is 0 Å². The lowest BCUT2D eigenvalue weighted by atomic mass is 10.2. The predicted octanol–water partition coefficient (Wildman–Crippen LogP) is 2.66. The largest absolute Gasteiger partial charge is 0.283 e. The monoisotopic (exact) mass is 289 g/mol. The molecule has 0 radical (unpaired) electrons. The summed E-state index contributed by atoms with van der Waals surface area (Å²) in [6.45, 7) is 1.89. The van der Waals surface area contributed by atoms with Gasteiger partial charge in [-0.1, -0.05) is 22.0 Å². The molecule has 0 heterocycles. The van der Waals surface area contributed by atoms with Crippen LogP contribution in [0.1, 0.15) is 18.4 Å². The van der Waals surface area contributed by atoms with Gasteiger partial charge in [-0.05, 0) is 37.5 Å². The molecule has 1 aromatic carbocycles. The first-order valence-corrected chi connectivity index (χ1v) is 7.11. The number of halogens is 1. The van der Waals surface area contributed by atoms with Crippen molar-refractivity contribution >= 4 is 31.6 Å². The number of nitrogens with one attached hydrogen (secondary N) is 1. The maximum absolute atomic E-state index is 11.7. The molecule has 2 rings (SSSR count). The molecule has 1 saturated carbocycles. The second-order valence-corrected chi connectivity index (χ2v) is 6.68. The van der Waals surface area contributed by atoms with E-state index in [1.165, 1.54) is 0 Å². The highest BCUT2D eigenvalue weighted by atomic mass is 79.9. The Bertz CT molecular complexity index is 480. The third-order valence-electron chi connectivity index (χ3n) is 2.42. The number of rotatable bonds is 3. The average molecular weight is 290 g/mol. The van der Waals surface area contributed by atoms with Gasteiger partial charge >= 0.3 is 0 Å². The summed E-state index contributed by atoms with van der Waals surface area (Å²) >= 11 is 3.32. The van der Waals surface area contributed by atoms with E-state index in [9.17, 15) is 8.42 Å². The summed E-state index contributed by atoms with van der Waals surface area (Å²) in [5, 5.41) is -0.184. The first-order chi connectivity index (χ1) is 6.99. The maximum Gasteiger partial charge on any atom is 0.235 e. The van der Waals surface area contributed by atoms with Crippen LogP contribution in [-0.2, 0) is 10.0 Å². The number of hydrogen-bond donors (Lipinski definition) is 1. The third kappa shape index (κ3) is 2.52. The Morgan fingerprint density at radius 2 is 2.07 bits per heavy atom. The third-order valence-corrected chi connectivity index (χ3v) is 4.76. The summed E-state index contributed by atoms with van der Waals surface area (Å²) < 4.78 is 26.9. The van der Waals surface area contributed by atoms with Crippen LogP contribution < -0.4 is 4.72 Å². The molecular formula is C10H12BrNO2S. The number of anilines is 1. The van der Waals surface area contributed by atoms with E-state index in [1.807, 2.05) is 19.1 Å². The molecule has 0 aromatic heterocycles. The van der Waals surface area contributed by atoms with Gasteiger partial charge in [0.25, 0.3) is 0 Å². The van der Waals surface area contributed by atoms with E-state index in [1.54, 1.807) is 6.07 Å². The van der Waals surface area contributed by atoms with Crippen molar-refractivity contribution in [2.75, 3.05) is 4.72 Å². The van der Waals surface area contributed by atoms with Crippen molar-refractivity contribution in [3.05, 3.63) is 28.2 Å². The highest BCUT2D eigenvalue weighted by molar-refractivity contribution is 9.10. The summed E-state index contributed by atoms with van der Waals surface area (Å²) in [5.74, 6) is 0. The molecular weight excluding hydrogens is 278 g/mol. The molecule has 1 aromatic rings. The minimum atomic E-state index is -3.15. The van der Waals surface area contributed by atoms with E-state index in [2.05, 4.69) is 20.7 Å². The summed E-state index contributed by atoms with van der Waals surface area (Å²) in [6.07, 6.45) is 1.56. The smallest absolute Gasteiger partial charge is 0.235 e. The molecule has 0 saturated heterocycles. The van der Waals surface area contributed by atoms with Gasteiger partial charge in [-0.3, -0.25) is 4.72 Å². The molecule has 3 nitrogen and oxygen atoms in total. The first-order valence-electron chi connectivity index (χ1n) is 4.77. The molecule has 15 heavy (non-hydrogen) atoms. The van der Waals surface area contributed by atoms with E-state index in [0.29, 0.717) is 5.69 Å². The standard InChI is InChI=1S/C10H12BrNO2S/c1-7-2-3-8(11)6-10(7)12-15(13,14)9-4-5-9/h2-3,6,9,12H,4-5H2,1H3. The maximum atomic E-state index is 11.7. The molecule has 0 amide bonds. The summed E-state index contributed by atoms with van der Waals surface area (Å²) in [4.78, 5) is 0. The van der Waals surface area contributed by atoms with Crippen molar-refractivity contribution in [1.82, 2.24) is 0 Å². The topological polar surface area (TPSA) is 46.2 Å². The van der Waals surface area contributed by atoms with Gasteiger partial charge < -0.3 is 0 Å². The SMILES string of the molecule is Cc1ccc(Br)cc1NS(=O)(=O)C1CC1. The van der Waals surface area contributed by atoms with E-state index in [0.717, 1.165) is 22.9 Å². The van der Waals surface area contributed by atoms with Crippen LogP contribution >= 0.6 is 15.9 Å². The highest BCUT2D eigenvalue weighted by Crippen LogP contribution is 2.31. The lowest BCUT2D eigenvalue weighted by Crippen LogP contribution is -2.17. The number of hydrogen-bond acceptors (Lipinski definition) is 2. The molecule has 0 spiro atoms. The molecule has 82 valence electrons. The van der Waals surface area contributed by atoms with E-state index >= 15 is 0 Å². The Balaban J connectivity index is 2.27. The molecule has 0 unspecified atom stereocenters. The minimum Gasteiger partial charge on any atom is -0.283 e. The van der Waals surface area contributed by atoms with Crippen molar-refractivity contribution in [1.29, 1.82) is 0 Å². The van der Waals surface area contributed by atoms with Crippen molar-refractivity contribution in [2.24, 2.45) is 0 Å². The molecule has 5 heteroatoms. The zero-order chi connectivity index (χ0) is 11.1. The Morgan fingerprint density at radius 1 is 1.40 bits per heavy atom. The van der Waals surface area contributed by atoms with Gasteiger partial charge in [-0.25, -0.2) is 8.42 Å². The van der Waals surface area contributed by atoms with Crippen LogP contribution in [0.2, 0.25) is 0 Å². The van der Waals surface area contributed by atoms with Gasteiger partial charge in [0, 0.05) is 4.47 Å². The first kappa shape index (κ1) is 11.0. The van der Waals surface area contributed by atoms with E-state index in [-0.39, 0.29) is 5.25 Å². The fraction of sp³-hybridized carbons (Fsp3) is 0.400. The molecule has 1 aliphatic rings. The second kappa shape index (κ2) is 3.79. The van der Waals surface area contributed by atoms with Gasteiger partial charge in [0.15, 0.2) is 0 Å². The van der Waals surface area contributed by atoms with Crippen molar-refractivity contribution in [2.45, 2.75) is 25.0 Å². The zero-order valence-electron chi connectivity index (χ0n) is 8.33. The molecule has 0 aliphatic heterocycles. The molecule has 0 bridgehead atoms. The van der Waals surface area contributed by atoms with Crippen LogP contribution in [0, 0.1) is 6.92 Å². The summed E-state index contributed by atoms with van der Waals surface area (Å²) in [7, 11) is -3.15. The quantitative estimate of drug-likeness (QED) is 0.930. The predicted molar refractivity (Wildman–Crippen MR) is 64.4 cm³/mol. The normalized spacial score (nSPS) is 16.4. The van der Waals surface area contributed by atoms with Gasteiger partial charge in [-0.15, -0.1) is 0 Å². The lowest BCUT2D eigenvalue weighted by Gasteiger charge is -2.09. The fourth-order valence-corrected chi connectivity index (χ4v) is 3.13. The van der Waals surface area contributed by atoms with E-state index in [4.69, 9.17) is 0 Å². The zero-order valence-corrected chi connectivity index (χ0v) is 10.7. The molecule has 1 fully saturated rings. The lowest BCUT2D eigenvalue weighted by molar-refractivity contribution is 0.600. The number of benzene rings is 1. The highest BCUT2D eigenvalue weighted by Gasteiger charge is 2.35. The Labute approximate surface area is 98.1 Å². The number of aryl methyl sites for hydroxylation is 1. The van der Waals surface area contributed by atoms with Crippen LogP contribution in [0.5, 0.6) is 0 Å². The Hall–Kier alpha value is -0.550. The van der Waals surface area contributed by atoms with Gasteiger partial charge in [-0.2, -0.15) is 0 Å². The number of sulfonamides is 1. The Kier molecular flexibility index (Phi) is 2.77. The van der Waals surface area contributed by atoms with E-state index < -0.39 is 10.0 Å². The average Bonchev–Trinajstić information content (AvgIpc) is 2.93. The molecule has 1 N–H and O–H groups in total. The summed E-state index contributed by atoms with van der Waals surface area (Å²) in [6, 6.07) is 5.56. The summed E-state index contributed by atoms with van der Waals surface area (Å²) in [5.41, 5.74) is 1.60. The van der Waals surface area contributed by atoms with Crippen LogP contribution in [0.4, 0.5) is 5.69 Å². The van der Waals surface area contributed by atoms with Gasteiger partial charge in [0.2, 0.25) is 10.0 Å². The van der Waals surface area contributed by atoms with Crippen LogP contribution in [0.25, 0.3) is 0 Å². The van der Waals surface area contributed by atoms with Crippen LogP contribution in [0.3, 0.4) is 0 Å². The van der Waals surface area contributed by atoms with Crippen LogP contribution in [0.15, 0.2) is 22.7 Å². The van der Waals surface area contributed by atoms with Gasteiger partial charge in [0.1, 0.15) is 0 Å². The van der Waals surface area contributed by atoms with Gasteiger partial charge in [0.05, 0.1) is 10.9 Å². The minimum absolute atomic E-state index is 0.184. The molecule has 0 atom stereocenters. The fourth-order valence-electron chi connectivity index (χ4n) is 1.32. The van der Waals surface area contributed by atoms with Crippen molar-refractivity contribution < 1.29 is 8.42 Å².